The molecule has 1 rings (SSSR count). The highest BCUT2D eigenvalue weighted by Gasteiger charge is 1.99. The largest absolute Gasteiger partial charge is 0.0696 e. The second kappa shape index (κ2) is 10.7. The molecule has 0 heteroatoms. The van der Waals surface area contributed by atoms with Crippen molar-refractivity contribution in [3.05, 3.63) is 41.0 Å². The molecule has 112 valence electrons. The van der Waals surface area contributed by atoms with E-state index in [1.165, 1.54) is 68.9 Å². The Bertz CT molecular complexity index is 377. The Balaban J connectivity index is 2.74. The van der Waals surface area contributed by atoms with E-state index in [1.807, 2.05) is 0 Å². The lowest BCUT2D eigenvalue weighted by atomic mass is 9.98. The molecule has 0 aromatic heterocycles. The van der Waals surface area contributed by atoms with Crippen LogP contribution in [0.25, 0.3) is 6.08 Å². The minimum Gasteiger partial charge on any atom is -0.0696 e. The van der Waals surface area contributed by atoms with Crippen molar-refractivity contribution in [1.82, 2.24) is 0 Å². The third-order valence-corrected chi connectivity index (χ3v) is 3.84. The molecule has 0 unspecified atom stereocenters. The summed E-state index contributed by atoms with van der Waals surface area (Å²) >= 11 is 0. The summed E-state index contributed by atoms with van der Waals surface area (Å²) in [6.45, 7) is 6.82. The van der Waals surface area contributed by atoms with Crippen molar-refractivity contribution < 1.29 is 0 Å². The van der Waals surface area contributed by atoms with Gasteiger partial charge in [-0.15, -0.1) is 0 Å². The molecule has 1 aromatic rings. The molecule has 0 aliphatic carbocycles. The van der Waals surface area contributed by atoms with Crippen molar-refractivity contribution in [2.45, 2.75) is 78.6 Å². The van der Waals surface area contributed by atoms with Crippen LogP contribution in [0.4, 0.5) is 0 Å². The number of unbranched alkanes of at least 4 members (excludes halogenated alkanes) is 3. The number of hydrogen-bond acceptors (Lipinski definition) is 0. The molecule has 0 bridgehead atoms. The summed E-state index contributed by atoms with van der Waals surface area (Å²) in [6, 6.07) is 9.12. The van der Waals surface area contributed by atoms with Crippen molar-refractivity contribution in [3.8, 4) is 0 Å². The maximum Gasteiger partial charge on any atom is -0.0254 e. The van der Waals surface area contributed by atoms with Crippen LogP contribution in [0.2, 0.25) is 0 Å². The normalized spacial score (nSPS) is 10.6. The highest BCUT2D eigenvalue weighted by Crippen LogP contribution is 2.20. The van der Waals surface area contributed by atoms with Gasteiger partial charge < -0.3 is 0 Å². The van der Waals surface area contributed by atoms with E-state index in [-0.39, 0.29) is 0 Å². The Morgan fingerprint density at radius 3 is 2.15 bits per heavy atom. The number of aryl methyl sites for hydroxylation is 1. The van der Waals surface area contributed by atoms with Crippen molar-refractivity contribution in [2.75, 3.05) is 0 Å². The zero-order valence-corrected chi connectivity index (χ0v) is 13.8. The number of rotatable bonds is 10. The van der Waals surface area contributed by atoms with Crippen molar-refractivity contribution in [3.63, 3.8) is 0 Å². The molecule has 0 saturated heterocycles. The molecule has 0 aliphatic rings. The Morgan fingerprint density at radius 2 is 1.55 bits per heavy atom. The lowest BCUT2D eigenvalue weighted by molar-refractivity contribution is 0.717. The summed E-state index contributed by atoms with van der Waals surface area (Å²) in [7, 11) is 0. The molecule has 20 heavy (non-hydrogen) atoms. The first-order chi connectivity index (χ1) is 9.80. The number of benzene rings is 1. The van der Waals surface area contributed by atoms with Gasteiger partial charge in [0, 0.05) is 0 Å². The molecule has 0 heterocycles. The smallest absolute Gasteiger partial charge is 0.0254 e. The molecule has 0 amide bonds. The molecule has 0 nitrogen and oxygen atoms in total. The summed E-state index contributed by atoms with van der Waals surface area (Å²) in [6.07, 6.45) is 14.0. The van der Waals surface area contributed by atoms with E-state index >= 15 is 0 Å². The van der Waals surface area contributed by atoms with Gasteiger partial charge in [-0.1, -0.05) is 75.9 Å². The van der Waals surface area contributed by atoms with Gasteiger partial charge in [0.15, 0.2) is 0 Å². The Labute approximate surface area is 126 Å². The fourth-order valence-corrected chi connectivity index (χ4v) is 2.53. The minimum absolute atomic E-state index is 1.22. The Kier molecular flexibility index (Phi) is 9.11. The lowest BCUT2D eigenvalue weighted by Gasteiger charge is -2.08. The van der Waals surface area contributed by atoms with Gasteiger partial charge in [-0.05, 0) is 49.7 Å². The second-order valence-electron chi connectivity index (χ2n) is 5.86. The maximum absolute atomic E-state index is 2.45. The van der Waals surface area contributed by atoms with Gasteiger partial charge >= 0.3 is 0 Å². The summed E-state index contributed by atoms with van der Waals surface area (Å²) in [5.74, 6) is 0. The van der Waals surface area contributed by atoms with Crippen LogP contribution in [0, 0.1) is 0 Å². The lowest BCUT2D eigenvalue weighted by Crippen LogP contribution is -1.88. The summed E-state index contributed by atoms with van der Waals surface area (Å²) in [5, 5.41) is 0. The highest BCUT2D eigenvalue weighted by atomic mass is 14.1. The predicted molar refractivity (Wildman–Crippen MR) is 92.1 cm³/mol. The Morgan fingerprint density at radius 1 is 0.900 bits per heavy atom. The van der Waals surface area contributed by atoms with Gasteiger partial charge in [0.25, 0.3) is 0 Å². The van der Waals surface area contributed by atoms with Gasteiger partial charge in [0.05, 0.1) is 0 Å². The van der Waals surface area contributed by atoms with Gasteiger partial charge in [0.2, 0.25) is 0 Å². The third kappa shape index (κ3) is 6.93. The molecule has 0 atom stereocenters. The van der Waals surface area contributed by atoms with Crippen molar-refractivity contribution in [2.24, 2.45) is 0 Å². The molecular weight excluding hydrogens is 240 g/mol. The van der Waals surface area contributed by atoms with Crippen molar-refractivity contribution in [1.29, 1.82) is 0 Å². The molecule has 0 radical (unpaired) electrons. The zero-order chi connectivity index (χ0) is 14.6. The van der Waals surface area contributed by atoms with E-state index < -0.39 is 0 Å². The average molecular weight is 272 g/mol. The first-order valence-corrected chi connectivity index (χ1v) is 8.58. The highest BCUT2D eigenvalue weighted by molar-refractivity contribution is 5.53. The van der Waals surface area contributed by atoms with Crippen LogP contribution < -0.4 is 0 Å². The quantitative estimate of drug-likeness (QED) is 0.439. The summed E-state index contributed by atoms with van der Waals surface area (Å²) in [4.78, 5) is 0. The van der Waals surface area contributed by atoms with E-state index in [9.17, 15) is 0 Å². The molecule has 0 fully saturated rings. The van der Waals surface area contributed by atoms with Crippen LogP contribution in [0.3, 0.4) is 0 Å². The van der Waals surface area contributed by atoms with Gasteiger partial charge in [-0.3, -0.25) is 0 Å². The molecular formula is C20H32. The van der Waals surface area contributed by atoms with E-state index in [1.54, 1.807) is 5.57 Å². The molecule has 1 aromatic carbocycles. The summed E-state index contributed by atoms with van der Waals surface area (Å²) in [5.41, 5.74) is 4.54. The third-order valence-electron chi connectivity index (χ3n) is 3.84. The number of hydrogen-bond donors (Lipinski definition) is 0. The number of allylic oxidation sites excluding steroid dienone is 1. The van der Waals surface area contributed by atoms with E-state index in [2.05, 4.69) is 51.1 Å². The fourth-order valence-electron chi connectivity index (χ4n) is 2.53. The second-order valence-corrected chi connectivity index (χ2v) is 5.86. The van der Waals surface area contributed by atoms with Crippen LogP contribution in [0.1, 0.15) is 83.3 Å². The minimum atomic E-state index is 1.22. The van der Waals surface area contributed by atoms with Crippen molar-refractivity contribution >= 4 is 6.08 Å². The van der Waals surface area contributed by atoms with Gasteiger partial charge in [0.1, 0.15) is 0 Å². The first-order valence-electron chi connectivity index (χ1n) is 8.58. The van der Waals surface area contributed by atoms with E-state index in [0.717, 1.165) is 0 Å². The maximum atomic E-state index is 2.45. The molecule has 0 N–H and O–H groups in total. The fraction of sp³-hybridized carbons (Fsp3) is 0.600. The molecule has 0 aliphatic heterocycles. The molecule has 0 saturated carbocycles. The van der Waals surface area contributed by atoms with Gasteiger partial charge in [-0.25, -0.2) is 0 Å². The first kappa shape index (κ1) is 17.0. The molecule has 0 spiro atoms. The monoisotopic (exact) mass is 272 g/mol. The van der Waals surface area contributed by atoms with Gasteiger partial charge in [-0.2, -0.15) is 0 Å². The Hall–Kier alpha value is -1.04. The SMILES string of the molecule is CCCCC(=Cc1cccc(CCCC)c1)CCCC. The predicted octanol–water partition coefficient (Wildman–Crippen LogP) is 6.79. The van der Waals surface area contributed by atoms with Crippen LogP contribution in [-0.2, 0) is 6.42 Å². The van der Waals surface area contributed by atoms with Crippen LogP contribution in [-0.4, -0.2) is 0 Å². The standard InChI is InChI=1S/C20H32/c1-4-7-11-18(12-8-5-2)16-20-15-10-14-19(17-20)13-9-6-3/h10,14-17H,4-9,11-13H2,1-3H3. The van der Waals surface area contributed by atoms with Crippen LogP contribution in [0.5, 0.6) is 0 Å². The van der Waals surface area contributed by atoms with E-state index in [4.69, 9.17) is 0 Å². The average Bonchev–Trinajstić information content (AvgIpc) is 2.48. The van der Waals surface area contributed by atoms with E-state index in [0.29, 0.717) is 0 Å². The zero-order valence-electron chi connectivity index (χ0n) is 13.8. The van der Waals surface area contributed by atoms with Crippen LogP contribution >= 0.6 is 0 Å². The van der Waals surface area contributed by atoms with Crippen LogP contribution in [0.15, 0.2) is 29.8 Å². The summed E-state index contributed by atoms with van der Waals surface area (Å²) < 4.78 is 0. The topological polar surface area (TPSA) is 0 Å².